The Balaban J connectivity index is 2.05. The summed E-state index contributed by atoms with van der Waals surface area (Å²) in [6, 6.07) is 20.2. The lowest BCUT2D eigenvalue weighted by Gasteiger charge is -2.20. The van der Waals surface area contributed by atoms with E-state index in [-0.39, 0.29) is 16.3 Å². The van der Waals surface area contributed by atoms with Gasteiger partial charge < -0.3 is 0 Å². The van der Waals surface area contributed by atoms with E-state index in [9.17, 15) is 23.3 Å². The number of rotatable bonds is 7. The quantitative estimate of drug-likeness (QED) is 0.244. The average molecular weight is 453 g/mol. The molecule has 32 heavy (non-hydrogen) atoms. The Bertz CT molecular complexity index is 1290. The second kappa shape index (κ2) is 9.41. The molecule has 3 aromatic rings. The van der Waals surface area contributed by atoms with Crippen LogP contribution in [-0.4, -0.2) is 31.5 Å². The highest BCUT2D eigenvalue weighted by Crippen LogP contribution is 2.29. The molecule has 9 nitrogen and oxygen atoms in total. The Labute approximate surface area is 184 Å². The molecule has 0 aliphatic rings. The van der Waals surface area contributed by atoms with Gasteiger partial charge in [-0.15, -0.1) is 0 Å². The molecule has 1 amide bonds. The summed E-state index contributed by atoms with van der Waals surface area (Å²) in [5.74, 6) is -0.744. The molecule has 0 spiro atoms. The van der Waals surface area contributed by atoms with Crippen molar-refractivity contribution < 1.29 is 23.3 Å². The summed E-state index contributed by atoms with van der Waals surface area (Å²) >= 11 is 0. The number of amides is 1. The molecular formula is C22H19N3O6S. The summed E-state index contributed by atoms with van der Waals surface area (Å²) in [7, 11) is -2.76. The van der Waals surface area contributed by atoms with Gasteiger partial charge in [0.2, 0.25) is 0 Å². The molecule has 3 aromatic carbocycles. The highest BCUT2D eigenvalue weighted by atomic mass is 32.2. The molecule has 0 unspecified atom stereocenters. The minimum atomic E-state index is -4.09. The smallest absolute Gasteiger partial charge is 0.270 e. The number of sulfonamides is 1. The van der Waals surface area contributed by atoms with E-state index in [0.717, 1.165) is 10.4 Å². The third-order valence-corrected chi connectivity index (χ3v) is 6.46. The van der Waals surface area contributed by atoms with Gasteiger partial charge in [-0.1, -0.05) is 48.5 Å². The standard InChI is InChI=1S/C22H19N3O6S/c1-24(32(30,31)20-12-6-11-19(14-20)25(28)29)18-10-5-9-17(13-18)21(15-22(26)23-27)16-7-3-2-4-8-16/h2-15,27H,1H3,(H,23,26). The third kappa shape index (κ3) is 4.82. The molecule has 10 heteroatoms. The van der Waals surface area contributed by atoms with Crippen molar-refractivity contribution in [1.82, 2.24) is 5.48 Å². The van der Waals surface area contributed by atoms with Gasteiger partial charge in [-0.05, 0) is 34.9 Å². The molecule has 0 heterocycles. The van der Waals surface area contributed by atoms with Crippen molar-refractivity contribution in [3.05, 3.63) is 106 Å². The van der Waals surface area contributed by atoms with Crippen molar-refractivity contribution in [3.63, 3.8) is 0 Å². The van der Waals surface area contributed by atoms with Gasteiger partial charge in [0.25, 0.3) is 21.6 Å². The maximum Gasteiger partial charge on any atom is 0.270 e. The topological polar surface area (TPSA) is 130 Å². The summed E-state index contributed by atoms with van der Waals surface area (Å²) in [6.07, 6.45) is 1.20. The van der Waals surface area contributed by atoms with Crippen LogP contribution in [-0.2, 0) is 14.8 Å². The van der Waals surface area contributed by atoms with Crippen LogP contribution in [0.2, 0.25) is 0 Å². The number of anilines is 1. The Morgan fingerprint density at radius 1 is 1.00 bits per heavy atom. The van der Waals surface area contributed by atoms with Crippen molar-refractivity contribution >= 4 is 32.9 Å². The zero-order valence-electron chi connectivity index (χ0n) is 16.9. The van der Waals surface area contributed by atoms with Gasteiger partial charge in [-0.2, -0.15) is 0 Å². The fourth-order valence-electron chi connectivity index (χ4n) is 3.04. The summed E-state index contributed by atoms with van der Waals surface area (Å²) in [6.45, 7) is 0. The van der Waals surface area contributed by atoms with Crippen molar-refractivity contribution in [2.75, 3.05) is 11.4 Å². The van der Waals surface area contributed by atoms with Crippen LogP contribution in [0, 0.1) is 10.1 Å². The lowest BCUT2D eigenvalue weighted by molar-refractivity contribution is -0.385. The number of nitro groups is 1. The zero-order valence-corrected chi connectivity index (χ0v) is 17.7. The second-order valence-corrected chi connectivity index (χ2v) is 8.65. The van der Waals surface area contributed by atoms with E-state index in [2.05, 4.69) is 0 Å². The molecule has 0 saturated carbocycles. The predicted octanol–water partition coefficient (Wildman–Crippen LogP) is 3.36. The van der Waals surface area contributed by atoms with Crippen molar-refractivity contribution in [2.24, 2.45) is 0 Å². The summed E-state index contributed by atoms with van der Waals surface area (Å²) < 4.78 is 27.2. The van der Waals surface area contributed by atoms with Crippen LogP contribution in [0.1, 0.15) is 11.1 Å². The fraction of sp³-hybridized carbons (Fsp3) is 0.0455. The monoisotopic (exact) mass is 453 g/mol. The lowest BCUT2D eigenvalue weighted by Crippen LogP contribution is -2.26. The number of non-ortho nitro benzene ring substituents is 1. The van der Waals surface area contributed by atoms with Crippen LogP contribution in [0.15, 0.2) is 89.8 Å². The predicted molar refractivity (Wildman–Crippen MR) is 119 cm³/mol. The number of carbonyl (C=O) groups is 1. The van der Waals surface area contributed by atoms with E-state index in [1.165, 1.54) is 31.3 Å². The Morgan fingerprint density at radius 3 is 2.31 bits per heavy atom. The number of nitro benzene ring substituents is 1. The molecule has 0 bridgehead atoms. The van der Waals surface area contributed by atoms with Crippen molar-refractivity contribution in [3.8, 4) is 0 Å². The molecule has 0 aliphatic heterocycles. The number of nitrogens with zero attached hydrogens (tertiary/aromatic N) is 2. The number of hydroxylamine groups is 1. The summed E-state index contributed by atoms with van der Waals surface area (Å²) in [5.41, 5.74) is 3.16. The van der Waals surface area contributed by atoms with Crippen LogP contribution in [0.3, 0.4) is 0 Å². The molecule has 2 N–H and O–H groups in total. The fourth-order valence-corrected chi connectivity index (χ4v) is 4.27. The largest absolute Gasteiger partial charge is 0.288 e. The maximum absolute atomic E-state index is 13.1. The molecule has 3 rings (SSSR count). The van der Waals surface area contributed by atoms with Gasteiger partial charge in [0.1, 0.15) is 0 Å². The van der Waals surface area contributed by atoms with Crippen LogP contribution in [0.5, 0.6) is 0 Å². The first-order valence-corrected chi connectivity index (χ1v) is 10.7. The van der Waals surface area contributed by atoms with E-state index in [0.29, 0.717) is 16.7 Å². The van der Waals surface area contributed by atoms with Crippen LogP contribution in [0.4, 0.5) is 11.4 Å². The Morgan fingerprint density at radius 2 is 1.66 bits per heavy atom. The first-order chi connectivity index (χ1) is 15.2. The van der Waals surface area contributed by atoms with E-state index in [4.69, 9.17) is 5.21 Å². The Hall–Kier alpha value is -4.02. The molecule has 0 saturated heterocycles. The van der Waals surface area contributed by atoms with Gasteiger partial charge in [0.15, 0.2) is 0 Å². The SMILES string of the molecule is CN(c1cccc(C(=CC(=O)NO)c2ccccc2)c1)S(=O)(=O)c1cccc([N+](=O)[O-])c1. The number of benzene rings is 3. The highest BCUT2D eigenvalue weighted by molar-refractivity contribution is 7.92. The molecule has 0 radical (unpaired) electrons. The zero-order chi connectivity index (χ0) is 23.3. The number of carbonyl (C=O) groups excluding carboxylic acids is 1. The number of hydrogen-bond acceptors (Lipinski definition) is 6. The Kier molecular flexibility index (Phi) is 6.67. The molecule has 0 aromatic heterocycles. The normalized spacial score (nSPS) is 11.6. The first-order valence-electron chi connectivity index (χ1n) is 9.29. The van der Waals surface area contributed by atoms with Gasteiger partial charge in [0, 0.05) is 25.3 Å². The van der Waals surface area contributed by atoms with E-state index in [1.54, 1.807) is 54.0 Å². The lowest BCUT2D eigenvalue weighted by atomic mass is 9.97. The van der Waals surface area contributed by atoms with E-state index < -0.39 is 20.9 Å². The maximum atomic E-state index is 13.1. The van der Waals surface area contributed by atoms with Gasteiger partial charge in [0.05, 0.1) is 15.5 Å². The second-order valence-electron chi connectivity index (χ2n) is 6.68. The minimum Gasteiger partial charge on any atom is -0.288 e. The molecule has 0 fully saturated rings. The highest BCUT2D eigenvalue weighted by Gasteiger charge is 2.24. The minimum absolute atomic E-state index is 0.224. The average Bonchev–Trinajstić information content (AvgIpc) is 2.82. The molecule has 0 aliphatic carbocycles. The third-order valence-electron chi connectivity index (χ3n) is 4.68. The summed E-state index contributed by atoms with van der Waals surface area (Å²) in [5, 5.41) is 20.0. The summed E-state index contributed by atoms with van der Waals surface area (Å²) in [4.78, 5) is 22.0. The first kappa shape index (κ1) is 22.7. The van der Waals surface area contributed by atoms with Crippen molar-refractivity contribution in [1.29, 1.82) is 0 Å². The molecular weight excluding hydrogens is 434 g/mol. The van der Waals surface area contributed by atoms with Crippen LogP contribution < -0.4 is 9.79 Å². The van der Waals surface area contributed by atoms with E-state index in [1.807, 2.05) is 6.07 Å². The number of nitrogens with one attached hydrogen (secondary N) is 1. The van der Waals surface area contributed by atoms with Gasteiger partial charge in [-0.25, -0.2) is 13.9 Å². The number of hydrogen-bond donors (Lipinski definition) is 2. The van der Waals surface area contributed by atoms with Crippen LogP contribution >= 0.6 is 0 Å². The van der Waals surface area contributed by atoms with Gasteiger partial charge >= 0.3 is 0 Å². The van der Waals surface area contributed by atoms with Gasteiger partial charge in [-0.3, -0.25) is 24.4 Å². The van der Waals surface area contributed by atoms with Crippen LogP contribution in [0.25, 0.3) is 5.57 Å². The van der Waals surface area contributed by atoms with E-state index >= 15 is 0 Å². The molecule has 164 valence electrons. The van der Waals surface area contributed by atoms with Crippen molar-refractivity contribution in [2.45, 2.75) is 4.90 Å². The molecule has 0 atom stereocenters.